The van der Waals surface area contributed by atoms with Crippen molar-refractivity contribution in [2.24, 2.45) is 4.99 Å². The molecule has 5 nitrogen and oxygen atoms in total. The van der Waals surface area contributed by atoms with E-state index < -0.39 is 0 Å². The Labute approximate surface area is 134 Å². The van der Waals surface area contributed by atoms with Gasteiger partial charge >= 0.3 is 0 Å². The first-order chi connectivity index (χ1) is 10.6. The molecule has 2 aliphatic carbocycles. The number of nitrogens with one attached hydrogen (secondary N) is 1. The van der Waals surface area contributed by atoms with E-state index in [4.69, 9.17) is 12.2 Å². The fourth-order valence-electron chi connectivity index (χ4n) is 2.69. The van der Waals surface area contributed by atoms with Gasteiger partial charge in [0.1, 0.15) is 5.56 Å². The van der Waals surface area contributed by atoms with Crippen molar-refractivity contribution >= 4 is 18.4 Å². The van der Waals surface area contributed by atoms with E-state index in [-0.39, 0.29) is 21.8 Å². The number of aliphatic imine (C=N–C) groups is 1. The fourth-order valence-corrected chi connectivity index (χ4v) is 2.96. The van der Waals surface area contributed by atoms with Gasteiger partial charge in [0.25, 0.3) is 5.56 Å². The molecule has 1 fully saturated rings. The van der Waals surface area contributed by atoms with Gasteiger partial charge in [-0.3, -0.25) is 19.3 Å². The van der Waals surface area contributed by atoms with Crippen molar-refractivity contribution in [1.29, 1.82) is 0 Å². The molecule has 1 heterocycles. The molecule has 0 saturated heterocycles. The summed E-state index contributed by atoms with van der Waals surface area (Å²) in [4.78, 5) is 18.9. The molecule has 2 N–H and O–H groups in total. The number of hydrogen-bond acceptors (Lipinski definition) is 4. The zero-order valence-corrected chi connectivity index (χ0v) is 13.4. The van der Waals surface area contributed by atoms with Crippen molar-refractivity contribution in [3.63, 3.8) is 0 Å². The van der Waals surface area contributed by atoms with Gasteiger partial charge in [-0.1, -0.05) is 11.6 Å². The second-order valence-electron chi connectivity index (χ2n) is 6.02. The predicted octanol–water partition coefficient (Wildman–Crippen LogP) is 3.08. The minimum absolute atomic E-state index is 0.0745. The Morgan fingerprint density at radius 1 is 1.45 bits per heavy atom. The van der Waals surface area contributed by atoms with Crippen molar-refractivity contribution in [2.45, 2.75) is 57.5 Å². The number of aromatic amines is 1. The van der Waals surface area contributed by atoms with Gasteiger partial charge in [-0.2, -0.15) is 0 Å². The van der Waals surface area contributed by atoms with Crippen LogP contribution in [0.1, 0.15) is 50.5 Å². The smallest absolute Gasteiger partial charge is 0.264 e. The summed E-state index contributed by atoms with van der Waals surface area (Å²) in [5.74, 6) is -0.0745. The molecule has 0 spiro atoms. The van der Waals surface area contributed by atoms with Crippen molar-refractivity contribution in [3.05, 3.63) is 32.3 Å². The number of nitrogens with zero attached hydrogens (tertiary/aromatic N) is 2. The van der Waals surface area contributed by atoms with Crippen LogP contribution in [0.3, 0.4) is 0 Å². The van der Waals surface area contributed by atoms with E-state index in [0.29, 0.717) is 12.6 Å². The van der Waals surface area contributed by atoms with Gasteiger partial charge in [-0.05, 0) is 57.2 Å². The quantitative estimate of drug-likeness (QED) is 0.498. The molecule has 0 unspecified atom stereocenters. The van der Waals surface area contributed by atoms with Crippen molar-refractivity contribution in [1.82, 2.24) is 9.55 Å². The summed E-state index contributed by atoms with van der Waals surface area (Å²) in [6.45, 7) is 0.581. The third kappa shape index (κ3) is 3.55. The Bertz CT molecular complexity index is 726. The summed E-state index contributed by atoms with van der Waals surface area (Å²) in [6, 6.07) is 0.308. The van der Waals surface area contributed by atoms with E-state index in [2.05, 4.69) is 16.1 Å². The minimum atomic E-state index is -0.375. The van der Waals surface area contributed by atoms with Crippen LogP contribution >= 0.6 is 12.2 Å². The number of allylic oxidation sites excluding steroid dienone is 2. The lowest BCUT2D eigenvalue weighted by Crippen LogP contribution is -2.19. The van der Waals surface area contributed by atoms with Gasteiger partial charge in [0, 0.05) is 12.8 Å². The zero-order valence-electron chi connectivity index (χ0n) is 12.5. The molecule has 0 aromatic carbocycles. The third-order valence-electron chi connectivity index (χ3n) is 4.21. The monoisotopic (exact) mass is 319 g/mol. The summed E-state index contributed by atoms with van der Waals surface area (Å²) in [5, 5.41) is 10.4. The van der Waals surface area contributed by atoms with Gasteiger partial charge in [-0.15, -0.1) is 0 Å². The van der Waals surface area contributed by atoms with Crippen LogP contribution in [0.2, 0.25) is 0 Å². The lowest BCUT2D eigenvalue weighted by Gasteiger charge is -2.15. The normalized spacial score (nSPS) is 18.6. The van der Waals surface area contributed by atoms with Crippen LogP contribution in [0.4, 0.5) is 0 Å². The average molecular weight is 319 g/mol. The maximum absolute atomic E-state index is 12.0. The fraction of sp³-hybridized carbons (Fsp3) is 0.562. The Kier molecular flexibility index (Phi) is 4.57. The predicted molar refractivity (Wildman–Crippen MR) is 89.3 cm³/mol. The molecular formula is C16H21N3O2S. The zero-order chi connectivity index (χ0) is 15.5. The van der Waals surface area contributed by atoms with E-state index >= 15 is 0 Å². The van der Waals surface area contributed by atoms with Crippen LogP contribution in [0, 0.1) is 4.77 Å². The van der Waals surface area contributed by atoms with E-state index in [9.17, 15) is 9.90 Å². The van der Waals surface area contributed by atoms with E-state index in [1.165, 1.54) is 24.6 Å². The Morgan fingerprint density at radius 3 is 2.95 bits per heavy atom. The summed E-state index contributed by atoms with van der Waals surface area (Å²) in [6.07, 6.45) is 11.5. The molecule has 6 heteroatoms. The summed E-state index contributed by atoms with van der Waals surface area (Å²) in [7, 11) is 0. The van der Waals surface area contributed by atoms with E-state index in [1.807, 2.05) is 0 Å². The van der Waals surface area contributed by atoms with Crippen molar-refractivity contribution in [3.8, 4) is 5.88 Å². The largest absolute Gasteiger partial charge is 0.494 e. The molecule has 1 aromatic rings. The van der Waals surface area contributed by atoms with Gasteiger partial charge in [0.05, 0.1) is 6.04 Å². The van der Waals surface area contributed by atoms with Crippen LogP contribution in [0.25, 0.3) is 0 Å². The number of hydrogen-bond donors (Lipinski definition) is 2. The number of rotatable bonds is 5. The highest BCUT2D eigenvalue weighted by atomic mass is 32.1. The van der Waals surface area contributed by atoms with Gasteiger partial charge in [0.2, 0.25) is 5.88 Å². The molecule has 3 rings (SSSR count). The van der Waals surface area contributed by atoms with Gasteiger partial charge < -0.3 is 5.11 Å². The SMILES string of the molecule is O=c1[nH]c(=S)n(CCC2=CCCCC2)c(O)c1C=NC1CC1. The van der Waals surface area contributed by atoms with Crippen LogP contribution in [0.15, 0.2) is 21.4 Å². The van der Waals surface area contributed by atoms with Crippen LogP contribution in [0.5, 0.6) is 5.88 Å². The first-order valence-electron chi connectivity index (χ1n) is 7.92. The Balaban J connectivity index is 1.83. The maximum Gasteiger partial charge on any atom is 0.264 e. The van der Waals surface area contributed by atoms with Crippen LogP contribution in [-0.4, -0.2) is 26.9 Å². The second-order valence-corrected chi connectivity index (χ2v) is 6.40. The molecule has 2 aliphatic rings. The summed E-state index contributed by atoms with van der Waals surface area (Å²) >= 11 is 5.19. The van der Waals surface area contributed by atoms with Crippen LogP contribution < -0.4 is 5.56 Å². The molecule has 0 atom stereocenters. The highest BCUT2D eigenvalue weighted by Gasteiger charge is 2.20. The number of H-pyrrole nitrogens is 1. The summed E-state index contributed by atoms with van der Waals surface area (Å²) < 4.78 is 1.86. The Hall–Kier alpha value is -1.69. The lowest BCUT2D eigenvalue weighted by atomic mass is 9.97. The van der Waals surface area contributed by atoms with E-state index in [1.54, 1.807) is 4.57 Å². The molecular weight excluding hydrogens is 298 g/mol. The molecule has 0 amide bonds. The first-order valence-corrected chi connectivity index (χ1v) is 8.33. The average Bonchev–Trinajstić information content (AvgIpc) is 3.32. The molecule has 0 aliphatic heterocycles. The third-order valence-corrected chi connectivity index (χ3v) is 4.53. The Morgan fingerprint density at radius 2 is 2.27 bits per heavy atom. The highest BCUT2D eigenvalue weighted by molar-refractivity contribution is 7.71. The molecule has 1 saturated carbocycles. The van der Waals surface area contributed by atoms with Crippen molar-refractivity contribution < 1.29 is 5.11 Å². The van der Waals surface area contributed by atoms with E-state index in [0.717, 1.165) is 32.1 Å². The van der Waals surface area contributed by atoms with Gasteiger partial charge in [-0.25, -0.2) is 0 Å². The molecule has 0 radical (unpaired) electrons. The molecule has 0 bridgehead atoms. The van der Waals surface area contributed by atoms with Gasteiger partial charge in [0.15, 0.2) is 4.77 Å². The lowest BCUT2D eigenvalue weighted by molar-refractivity contribution is 0.402. The first kappa shape index (κ1) is 15.2. The molecule has 118 valence electrons. The number of aromatic hydroxyl groups is 1. The van der Waals surface area contributed by atoms with Crippen molar-refractivity contribution in [2.75, 3.05) is 0 Å². The molecule has 1 aromatic heterocycles. The second kappa shape index (κ2) is 6.60. The summed E-state index contributed by atoms with van der Waals surface area (Å²) in [5.41, 5.74) is 1.24. The highest BCUT2D eigenvalue weighted by Crippen LogP contribution is 2.24. The maximum atomic E-state index is 12.0. The topological polar surface area (TPSA) is 70.4 Å². The minimum Gasteiger partial charge on any atom is -0.494 e. The number of aromatic nitrogens is 2. The molecule has 22 heavy (non-hydrogen) atoms. The standard InChI is InChI=1S/C16H21N3O2S/c20-14-13(10-17-12-6-7-12)15(21)19(16(22)18-14)9-8-11-4-2-1-3-5-11/h4,10,12,21H,1-3,5-9H2,(H,18,20,22). The van der Waals surface area contributed by atoms with Crippen LogP contribution in [-0.2, 0) is 6.54 Å².